The van der Waals surface area contributed by atoms with E-state index in [1.165, 1.54) is 34.2 Å². The average Bonchev–Trinajstić information content (AvgIpc) is 3.39. The Balaban J connectivity index is 1.82. The fraction of sp³-hybridized carbons (Fsp3) is 0.444. The van der Waals surface area contributed by atoms with Crippen LogP contribution in [0.2, 0.25) is 0 Å². The highest BCUT2D eigenvalue weighted by Crippen LogP contribution is 2.26. The highest BCUT2D eigenvalue weighted by atomic mass is 33.1. The molecule has 0 spiro atoms. The molecule has 4 atom stereocenters. The van der Waals surface area contributed by atoms with Gasteiger partial charge in [-0.05, 0) is 35.4 Å². The van der Waals surface area contributed by atoms with Crippen molar-refractivity contribution in [1.29, 1.82) is 0 Å². The molecule has 0 saturated carbocycles. The van der Waals surface area contributed by atoms with Crippen molar-refractivity contribution in [1.82, 2.24) is 19.1 Å². The third-order valence-electron chi connectivity index (χ3n) is 4.23. The van der Waals surface area contributed by atoms with E-state index in [1.54, 1.807) is 13.8 Å². The fourth-order valence-electron chi connectivity index (χ4n) is 2.47. The van der Waals surface area contributed by atoms with Gasteiger partial charge in [0.25, 0.3) is 0 Å². The monoisotopic (exact) mass is 482 g/mol. The Labute approximate surface area is 192 Å². The van der Waals surface area contributed by atoms with Gasteiger partial charge >= 0.3 is 0 Å². The molecule has 32 heavy (non-hydrogen) atoms. The summed E-state index contributed by atoms with van der Waals surface area (Å²) in [6.45, 7) is 3.11. The van der Waals surface area contributed by atoms with Crippen molar-refractivity contribution in [3.05, 3.63) is 36.4 Å². The Morgan fingerprint density at radius 1 is 0.781 bits per heavy atom. The molecular weight excluding hydrogens is 456 g/mol. The third kappa shape index (κ3) is 7.08. The second-order valence-corrected chi connectivity index (χ2v) is 9.36. The average molecular weight is 483 g/mol. The Hall–Kier alpha value is -2.36. The van der Waals surface area contributed by atoms with Gasteiger partial charge in [-0.3, -0.25) is 28.3 Å². The van der Waals surface area contributed by atoms with E-state index in [0.29, 0.717) is 33.0 Å². The van der Waals surface area contributed by atoms with Crippen molar-refractivity contribution in [2.45, 2.75) is 50.9 Å². The zero-order chi connectivity index (χ0) is 24.0. The van der Waals surface area contributed by atoms with Crippen LogP contribution < -0.4 is 22.9 Å². The summed E-state index contributed by atoms with van der Waals surface area (Å²) in [5.74, 6) is -0.667. The molecule has 0 aliphatic rings. The number of aromatic nitrogens is 4. The Bertz CT molecular complexity index is 909. The molecule has 174 valence electrons. The molecule has 12 nitrogen and oxygen atoms in total. The number of hydrogen-bond donors (Lipinski definition) is 4. The van der Waals surface area contributed by atoms with Crippen LogP contribution >= 0.6 is 21.6 Å². The van der Waals surface area contributed by atoms with Crippen molar-refractivity contribution in [2.24, 2.45) is 22.9 Å². The molecule has 0 aliphatic heterocycles. The van der Waals surface area contributed by atoms with Crippen LogP contribution in [0.3, 0.4) is 0 Å². The summed E-state index contributed by atoms with van der Waals surface area (Å²) in [6.07, 6.45) is 5.74. The summed E-state index contributed by atoms with van der Waals surface area (Å²) >= 11 is 0. The van der Waals surface area contributed by atoms with E-state index >= 15 is 0 Å². The first-order valence-electron chi connectivity index (χ1n) is 9.58. The van der Waals surface area contributed by atoms with Crippen LogP contribution in [0.5, 0.6) is 0 Å². The van der Waals surface area contributed by atoms with E-state index in [-0.39, 0.29) is 24.7 Å². The molecule has 14 heteroatoms. The molecule has 0 bridgehead atoms. The summed E-state index contributed by atoms with van der Waals surface area (Å²) in [5, 5.41) is -0.870. The zero-order valence-electron chi connectivity index (χ0n) is 17.6. The minimum atomic E-state index is -0.926. The summed E-state index contributed by atoms with van der Waals surface area (Å²) in [6, 6.07) is -3.23. The number of carbonyl (C=O) groups excluding carboxylic acids is 4. The number of hydrogen-bond acceptors (Lipinski definition) is 12. The normalized spacial score (nSPS) is 15.1. The molecule has 0 amide bonds. The SMILES string of the molecule is CC(N)C(=O)n1cnc(C[C@H](N)C(=O)SSC(=O)[C@@H](N)Cc2cn(C(=O)C(C)N)cn2)c1. The second-order valence-electron chi connectivity index (χ2n) is 7.22. The van der Waals surface area contributed by atoms with Crippen LogP contribution in [-0.2, 0) is 22.4 Å². The fourth-order valence-corrected chi connectivity index (χ4v) is 4.28. The third-order valence-corrected chi connectivity index (χ3v) is 6.48. The number of rotatable bonds is 8. The summed E-state index contributed by atoms with van der Waals surface area (Å²) < 4.78 is 2.48. The van der Waals surface area contributed by atoms with E-state index in [1.807, 2.05) is 0 Å². The molecule has 0 radical (unpaired) electrons. The molecule has 2 aromatic rings. The van der Waals surface area contributed by atoms with Gasteiger partial charge in [-0.2, -0.15) is 0 Å². The van der Waals surface area contributed by atoms with Gasteiger partial charge in [0.2, 0.25) is 22.0 Å². The highest BCUT2D eigenvalue weighted by Gasteiger charge is 2.23. The lowest BCUT2D eigenvalue weighted by atomic mass is 10.2. The lowest BCUT2D eigenvalue weighted by Crippen LogP contribution is -2.33. The first kappa shape index (κ1) is 25.9. The van der Waals surface area contributed by atoms with Crippen LogP contribution in [0.25, 0.3) is 0 Å². The number of carbonyl (C=O) groups is 4. The number of nitrogens with two attached hydrogens (primary N) is 4. The second kappa shape index (κ2) is 11.5. The minimum Gasteiger partial charge on any atom is -0.320 e. The topological polar surface area (TPSA) is 208 Å². The lowest BCUT2D eigenvalue weighted by molar-refractivity contribution is -0.113. The maximum Gasteiger partial charge on any atom is 0.248 e. The van der Waals surface area contributed by atoms with Crippen molar-refractivity contribution in [3.8, 4) is 0 Å². The zero-order valence-corrected chi connectivity index (χ0v) is 19.2. The molecule has 0 fully saturated rings. The van der Waals surface area contributed by atoms with Crippen molar-refractivity contribution in [2.75, 3.05) is 0 Å². The quantitative estimate of drug-likeness (QED) is 0.331. The van der Waals surface area contributed by atoms with Gasteiger partial charge in [0, 0.05) is 25.2 Å². The van der Waals surface area contributed by atoms with Crippen LogP contribution in [0.1, 0.15) is 34.8 Å². The van der Waals surface area contributed by atoms with E-state index in [9.17, 15) is 19.2 Å². The predicted molar refractivity (Wildman–Crippen MR) is 122 cm³/mol. The Kier molecular flexibility index (Phi) is 9.30. The largest absolute Gasteiger partial charge is 0.320 e. The molecule has 2 unspecified atom stereocenters. The first-order valence-corrected chi connectivity index (χ1v) is 11.7. The molecule has 0 aromatic carbocycles. The van der Waals surface area contributed by atoms with Gasteiger partial charge in [-0.25, -0.2) is 9.97 Å². The van der Waals surface area contributed by atoms with E-state index in [2.05, 4.69) is 9.97 Å². The van der Waals surface area contributed by atoms with Gasteiger partial charge in [-0.15, -0.1) is 0 Å². The summed E-state index contributed by atoms with van der Waals surface area (Å²) in [7, 11) is 1.38. The summed E-state index contributed by atoms with van der Waals surface area (Å²) in [5.41, 5.74) is 23.8. The van der Waals surface area contributed by atoms with Crippen LogP contribution in [0, 0.1) is 0 Å². The maximum absolute atomic E-state index is 12.3. The van der Waals surface area contributed by atoms with E-state index in [0.717, 1.165) is 0 Å². The van der Waals surface area contributed by atoms with E-state index < -0.39 is 34.4 Å². The van der Waals surface area contributed by atoms with Crippen LogP contribution in [0.15, 0.2) is 25.0 Å². The van der Waals surface area contributed by atoms with Crippen molar-refractivity contribution >= 4 is 43.6 Å². The van der Waals surface area contributed by atoms with Crippen LogP contribution in [-0.4, -0.2) is 65.3 Å². The van der Waals surface area contributed by atoms with Crippen molar-refractivity contribution < 1.29 is 19.2 Å². The molecule has 8 N–H and O–H groups in total. The highest BCUT2D eigenvalue weighted by molar-refractivity contribution is 8.87. The van der Waals surface area contributed by atoms with Gasteiger partial charge in [0.05, 0.1) is 35.6 Å². The molecule has 0 aliphatic carbocycles. The lowest BCUT2D eigenvalue weighted by Gasteiger charge is -2.10. The van der Waals surface area contributed by atoms with Gasteiger partial charge in [0.15, 0.2) is 0 Å². The number of imidazole rings is 2. The molecular formula is C18H26N8O4S2. The molecule has 0 saturated heterocycles. The summed E-state index contributed by atoms with van der Waals surface area (Å²) in [4.78, 5) is 56.3. The maximum atomic E-state index is 12.3. The smallest absolute Gasteiger partial charge is 0.248 e. The van der Waals surface area contributed by atoms with Gasteiger partial charge < -0.3 is 22.9 Å². The minimum absolute atomic E-state index is 0.0941. The first-order chi connectivity index (χ1) is 15.0. The predicted octanol–water partition coefficient (Wildman–Crippen LogP) is -1.07. The Morgan fingerprint density at radius 2 is 1.12 bits per heavy atom. The molecule has 2 aromatic heterocycles. The standard InChI is InChI=1S/C18H26N8O4S2/c1-9(19)15(27)25-5-11(23-7-25)3-13(21)17(29)31-32-18(30)14(22)4-12-6-26(8-24-12)16(28)10(2)20/h5-10,13-14H,3-4,19-22H2,1-2H3/t9?,10?,13-,14-/m0/s1. The Morgan fingerprint density at radius 3 is 1.44 bits per heavy atom. The van der Waals surface area contributed by atoms with Crippen molar-refractivity contribution in [3.63, 3.8) is 0 Å². The molecule has 2 rings (SSSR count). The number of nitrogens with zero attached hydrogens (tertiary/aromatic N) is 4. The van der Waals surface area contributed by atoms with Gasteiger partial charge in [0.1, 0.15) is 12.7 Å². The molecule has 2 heterocycles. The van der Waals surface area contributed by atoms with E-state index in [4.69, 9.17) is 22.9 Å². The van der Waals surface area contributed by atoms with Crippen LogP contribution in [0.4, 0.5) is 0 Å². The van der Waals surface area contributed by atoms with Gasteiger partial charge in [-0.1, -0.05) is 0 Å².